The third-order valence-electron chi connectivity index (χ3n) is 0. The van der Waals surface area contributed by atoms with Crippen LogP contribution in [0.25, 0.3) is 0 Å². The Morgan fingerprint density at radius 3 is 1.25 bits per heavy atom. The number of rotatable bonds is 0. The molecule has 0 unspecified atom stereocenters. The molecule has 0 saturated heterocycles. The predicted octanol–water partition coefficient (Wildman–Crippen LogP) is 2.12. The molecule has 0 aromatic rings. The van der Waals surface area contributed by atoms with Crippen molar-refractivity contribution in [3.63, 3.8) is 0 Å². The molecule has 4 heteroatoms. The van der Waals surface area contributed by atoms with Crippen LogP contribution >= 0.6 is 18.8 Å². The van der Waals surface area contributed by atoms with Crippen molar-refractivity contribution in [3.05, 3.63) is 0 Å². The van der Waals surface area contributed by atoms with E-state index in [-0.39, 0.29) is 5.54 Å². The van der Waals surface area contributed by atoms with Crippen LogP contribution in [0.5, 0.6) is 0 Å². The molecule has 0 aromatic carbocycles. The van der Waals surface area contributed by atoms with E-state index in [4.69, 9.17) is 24.6 Å². The van der Waals surface area contributed by atoms with E-state index in [1.165, 1.54) is 0 Å². The second-order valence-electron chi connectivity index (χ2n) is 2.42. The summed E-state index contributed by atoms with van der Waals surface area (Å²) in [6.45, 7) is 5.90. The first-order valence-corrected chi connectivity index (χ1v) is 9.37. The number of hydrogen-bond donors (Lipinski definition) is 1. The van der Waals surface area contributed by atoms with E-state index >= 15 is 0 Å². The Bertz CT molecular complexity index is 37.8. The molecule has 0 atom stereocenters. The fourth-order valence-electron chi connectivity index (χ4n) is 0. The van der Waals surface area contributed by atoms with Gasteiger partial charge in [0.05, 0.1) is 0 Å². The minimum absolute atomic E-state index is 0. The summed E-state index contributed by atoms with van der Waals surface area (Å²) in [5.74, 6) is 0. The molecule has 2 N–H and O–H groups in total. The van der Waals surface area contributed by atoms with Crippen molar-refractivity contribution in [2.45, 2.75) is 26.3 Å². The van der Waals surface area contributed by atoms with Crippen LogP contribution < -0.4 is 5.73 Å². The molecule has 1 nitrogen and oxygen atoms in total. The molecule has 0 bridgehead atoms. The van der Waals surface area contributed by atoms with Gasteiger partial charge in [0.2, 0.25) is 0 Å². The van der Waals surface area contributed by atoms with E-state index in [1.54, 1.807) is 0 Å². The first-order valence-electron chi connectivity index (χ1n) is 2.10. The molecular formula is C4H11Cl2NW. The van der Waals surface area contributed by atoms with E-state index in [2.05, 4.69) is 0 Å². The van der Waals surface area contributed by atoms with Gasteiger partial charge in [-0.2, -0.15) is 0 Å². The quantitative estimate of drug-likeness (QED) is 0.724. The summed E-state index contributed by atoms with van der Waals surface area (Å²) in [6.07, 6.45) is 0. The maximum absolute atomic E-state index is 5.35. The number of halogens is 2. The zero-order valence-corrected chi connectivity index (χ0v) is 9.69. The molecule has 0 spiro atoms. The number of hydrogen-bond acceptors (Lipinski definition) is 1. The molecule has 0 aliphatic carbocycles. The van der Waals surface area contributed by atoms with Crippen LogP contribution in [-0.2, 0) is 16.5 Å². The second-order valence-corrected chi connectivity index (χ2v) is 6.66. The third-order valence-corrected chi connectivity index (χ3v) is 0. The molecule has 0 rings (SSSR count). The van der Waals surface area contributed by atoms with Gasteiger partial charge in [-0.05, 0) is 20.8 Å². The van der Waals surface area contributed by atoms with Crippen LogP contribution in [0.4, 0.5) is 0 Å². The average Bonchev–Trinajstić information content (AvgIpc) is 1.27. The van der Waals surface area contributed by atoms with Gasteiger partial charge >= 0.3 is 35.3 Å². The van der Waals surface area contributed by atoms with E-state index < -0.39 is 16.5 Å². The Morgan fingerprint density at radius 2 is 1.25 bits per heavy atom. The van der Waals surface area contributed by atoms with Crippen molar-refractivity contribution in [2.24, 2.45) is 5.73 Å². The first kappa shape index (κ1) is 12.0. The van der Waals surface area contributed by atoms with Crippen LogP contribution in [0.3, 0.4) is 0 Å². The Morgan fingerprint density at radius 1 is 1.25 bits per heavy atom. The monoisotopic (exact) mass is 327 g/mol. The van der Waals surface area contributed by atoms with Crippen LogP contribution in [0.1, 0.15) is 20.8 Å². The van der Waals surface area contributed by atoms with Crippen LogP contribution in [0.2, 0.25) is 0 Å². The molecule has 0 amide bonds. The van der Waals surface area contributed by atoms with Crippen LogP contribution in [-0.4, -0.2) is 5.54 Å². The van der Waals surface area contributed by atoms with Crippen LogP contribution in [0.15, 0.2) is 0 Å². The molecule has 0 fully saturated rings. The number of nitrogens with two attached hydrogens (primary N) is 1. The van der Waals surface area contributed by atoms with E-state index in [1.807, 2.05) is 20.8 Å². The molecule has 52 valence electrons. The van der Waals surface area contributed by atoms with Gasteiger partial charge in [-0.15, -0.1) is 0 Å². The maximum atomic E-state index is 5.35. The van der Waals surface area contributed by atoms with E-state index in [9.17, 15) is 0 Å². The predicted molar refractivity (Wildman–Crippen MR) is 35.6 cm³/mol. The molecular weight excluding hydrogens is 317 g/mol. The Labute approximate surface area is 67.3 Å². The molecule has 8 heavy (non-hydrogen) atoms. The van der Waals surface area contributed by atoms with Gasteiger partial charge in [0.25, 0.3) is 0 Å². The Hall–Kier alpha value is 1.23. The normalized spacial score (nSPS) is 9.75. The summed E-state index contributed by atoms with van der Waals surface area (Å²) in [5.41, 5.74) is 5.35. The summed E-state index contributed by atoms with van der Waals surface area (Å²) in [6, 6.07) is 0. The molecule has 0 aromatic heterocycles. The van der Waals surface area contributed by atoms with Crippen molar-refractivity contribution in [1.29, 1.82) is 0 Å². The van der Waals surface area contributed by atoms with Gasteiger partial charge in [-0.1, -0.05) is 0 Å². The molecule has 0 aliphatic heterocycles. The van der Waals surface area contributed by atoms with Crippen molar-refractivity contribution >= 4 is 18.8 Å². The summed E-state index contributed by atoms with van der Waals surface area (Å²) < 4.78 is 0. The summed E-state index contributed by atoms with van der Waals surface area (Å²) >= 11 is -0.806. The topological polar surface area (TPSA) is 26.0 Å². The fourth-order valence-corrected chi connectivity index (χ4v) is 0. The Balaban J connectivity index is 0. The van der Waals surface area contributed by atoms with Crippen LogP contribution in [0, 0.1) is 0 Å². The summed E-state index contributed by atoms with van der Waals surface area (Å²) in [5, 5.41) is 0. The van der Waals surface area contributed by atoms with Gasteiger partial charge in [-0.3, -0.25) is 0 Å². The van der Waals surface area contributed by atoms with Crippen molar-refractivity contribution in [1.82, 2.24) is 0 Å². The first-order chi connectivity index (χ1) is 3.41. The van der Waals surface area contributed by atoms with E-state index in [0.29, 0.717) is 0 Å². The average molecular weight is 328 g/mol. The molecule has 0 saturated carbocycles. The van der Waals surface area contributed by atoms with Gasteiger partial charge in [0.15, 0.2) is 0 Å². The third kappa shape index (κ3) is 186. The summed E-state index contributed by atoms with van der Waals surface area (Å²) in [7, 11) is 9.86. The van der Waals surface area contributed by atoms with Crippen molar-refractivity contribution in [2.75, 3.05) is 0 Å². The minimum atomic E-state index is -0.806. The SMILES string of the molecule is CC(C)(C)N.[Cl][W][Cl]. The van der Waals surface area contributed by atoms with Gasteiger partial charge in [0.1, 0.15) is 0 Å². The molecule has 0 aliphatic rings. The van der Waals surface area contributed by atoms with E-state index in [0.717, 1.165) is 0 Å². The van der Waals surface area contributed by atoms with Crippen molar-refractivity contribution in [3.8, 4) is 0 Å². The second kappa shape index (κ2) is 6.35. The zero-order valence-electron chi connectivity index (χ0n) is 5.24. The molecule has 0 heterocycles. The van der Waals surface area contributed by atoms with Gasteiger partial charge in [0, 0.05) is 5.54 Å². The summed E-state index contributed by atoms with van der Waals surface area (Å²) in [4.78, 5) is 0. The molecule has 0 radical (unpaired) electrons. The standard InChI is InChI=1S/C4H11N.2ClH.W/c1-4(2,3)5;;;/h5H2,1-3H3;2*1H;/q;;;+2/p-2. The van der Waals surface area contributed by atoms with Gasteiger partial charge in [-0.25, -0.2) is 0 Å². The van der Waals surface area contributed by atoms with Gasteiger partial charge < -0.3 is 5.73 Å². The zero-order chi connectivity index (χ0) is 7.21. The van der Waals surface area contributed by atoms with Crippen molar-refractivity contribution < 1.29 is 16.5 Å². The Kier molecular flexibility index (Phi) is 9.49. The fraction of sp³-hybridized carbons (Fsp3) is 1.00.